The summed E-state index contributed by atoms with van der Waals surface area (Å²) in [5.41, 5.74) is 2.46. The molecule has 1 atom stereocenters. The number of carbonyl (C=O) groups is 1. The van der Waals surface area contributed by atoms with E-state index in [1.54, 1.807) is 25.7 Å². The summed E-state index contributed by atoms with van der Waals surface area (Å²) in [5, 5.41) is 0. The van der Waals surface area contributed by atoms with E-state index in [4.69, 9.17) is 19.2 Å². The van der Waals surface area contributed by atoms with Crippen molar-refractivity contribution in [2.24, 2.45) is 4.99 Å². The number of fused-ring (bicyclic) bond motifs is 1. The van der Waals surface area contributed by atoms with E-state index in [0.29, 0.717) is 32.8 Å². The molecule has 7 nitrogen and oxygen atoms in total. The van der Waals surface area contributed by atoms with E-state index < -0.39 is 12.0 Å². The van der Waals surface area contributed by atoms with Gasteiger partial charge in [-0.05, 0) is 77.4 Å². The van der Waals surface area contributed by atoms with E-state index in [1.165, 1.54) is 11.3 Å². The Balaban J connectivity index is 1.98. The summed E-state index contributed by atoms with van der Waals surface area (Å²) in [6.07, 6.45) is 3.24. The number of allylic oxidation sites excluding steroid dienone is 1. The fourth-order valence-electron chi connectivity index (χ4n) is 4.17. The number of esters is 1. The van der Waals surface area contributed by atoms with Gasteiger partial charge >= 0.3 is 5.97 Å². The number of thiazole rings is 1. The van der Waals surface area contributed by atoms with Gasteiger partial charge in [0.05, 0.1) is 46.2 Å². The Morgan fingerprint density at radius 1 is 1.17 bits per heavy atom. The standard InChI is InChI=1S/C27H27IN2O5S/c1-5-8-20-23(26(32)35-6-2)24(17-9-7-10-18(15-17)33-3)30-25(31)22(36-27(30)29-20)14-16-11-12-21(34-4)19(28)13-16/h7,9-15,24H,5-6,8H2,1-4H3/b22-14-. The minimum absolute atomic E-state index is 0.213. The van der Waals surface area contributed by atoms with E-state index in [2.05, 4.69) is 22.6 Å². The topological polar surface area (TPSA) is 79.1 Å². The number of ether oxygens (including phenoxy) is 3. The van der Waals surface area contributed by atoms with Crippen molar-refractivity contribution in [3.63, 3.8) is 0 Å². The number of nitrogens with zero attached hydrogens (tertiary/aromatic N) is 2. The van der Waals surface area contributed by atoms with Gasteiger partial charge in [-0.3, -0.25) is 9.36 Å². The van der Waals surface area contributed by atoms with Crippen LogP contribution in [0, 0.1) is 3.57 Å². The Labute approximate surface area is 226 Å². The third-order valence-electron chi connectivity index (χ3n) is 5.78. The molecule has 0 aliphatic carbocycles. The molecule has 0 bridgehead atoms. The lowest BCUT2D eigenvalue weighted by Crippen LogP contribution is -2.40. The monoisotopic (exact) mass is 618 g/mol. The summed E-state index contributed by atoms with van der Waals surface area (Å²) in [6, 6.07) is 12.5. The predicted octanol–water partition coefficient (Wildman–Crippen LogP) is 4.20. The first-order valence-corrected chi connectivity index (χ1v) is 13.5. The van der Waals surface area contributed by atoms with Crippen molar-refractivity contribution in [3.8, 4) is 11.5 Å². The van der Waals surface area contributed by atoms with Crippen LogP contribution in [0.15, 0.2) is 63.5 Å². The van der Waals surface area contributed by atoms with Gasteiger partial charge in [-0.15, -0.1) is 0 Å². The summed E-state index contributed by atoms with van der Waals surface area (Å²) in [4.78, 5) is 32.4. The second-order valence-electron chi connectivity index (χ2n) is 8.08. The minimum atomic E-state index is -0.671. The van der Waals surface area contributed by atoms with Crippen LogP contribution < -0.4 is 24.4 Å². The summed E-state index contributed by atoms with van der Waals surface area (Å²) in [6.45, 7) is 4.03. The second kappa shape index (κ2) is 11.4. The highest BCUT2D eigenvalue weighted by Gasteiger charge is 2.34. The molecule has 0 fully saturated rings. The van der Waals surface area contributed by atoms with Crippen LogP contribution in [0.25, 0.3) is 6.08 Å². The molecule has 188 valence electrons. The largest absolute Gasteiger partial charge is 0.497 e. The van der Waals surface area contributed by atoms with Crippen LogP contribution in [0.4, 0.5) is 0 Å². The fourth-order valence-corrected chi connectivity index (χ4v) is 5.95. The lowest BCUT2D eigenvalue weighted by atomic mass is 9.94. The maximum atomic E-state index is 13.8. The normalized spacial score (nSPS) is 15.4. The third kappa shape index (κ3) is 5.12. The molecule has 0 amide bonds. The molecule has 0 saturated carbocycles. The van der Waals surface area contributed by atoms with Gasteiger partial charge in [-0.25, -0.2) is 9.79 Å². The van der Waals surface area contributed by atoms with Crippen LogP contribution in [-0.2, 0) is 9.53 Å². The first-order valence-electron chi connectivity index (χ1n) is 11.6. The van der Waals surface area contributed by atoms with Crippen molar-refractivity contribution in [2.75, 3.05) is 20.8 Å². The molecule has 1 aliphatic heterocycles. The average Bonchev–Trinajstić information content (AvgIpc) is 3.18. The maximum absolute atomic E-state index is 13.8. The number of methoxy groups -OCH3 is 2. The van der Waals surface area contributed by atoms with Crippen molar-refractivity contribution >= 4 is 46.0 Å². The molecule has 1 aromatic heterocycles. The molecule has 9 heteroatoms. The average molecular weight is 618 g/mol. The molecule has 0 radical (unpaired) electrons. The first-order chi connectivity index (χ1) is 17.4. The predicted molar refractivity (Wildman–Crippen MR) is 148 cm³/mol. The molecule has 2 aromatic carbocycles. The number of aromatic nitrogens is 1. The Morgan fingerprint density at radius 2 is 1.97 bits per heavy atom. The SMILES string of the molecule is CCCC1=C(C(=O)OCC)C(c2cccc(OC)c2)n2c(s/c(=C\c3ccc(OC)c(I)c3)c2=O)=N1. The Morgan fingerprint density at radius 3 is 2.64 bits per heavy atom. The van der Waals surface area contributed by atoms with Crippen LogP contribution in [0.5, 0.6) is 11.5 Å². The van der Waals surface area contributed by atoms with E-state index >= 15 is 0 Å². The number of carbonyl (C=O) groups excluding carboxylic acids is 1. The van der Waals surface area contributed by atoms with Crippen molar-refractivity contribution in [2.45, 2.75) is 32.7 Å². The molecule has 2 heterocycles. The number of benzene rings is 2. The second-order valence-corrected chi connectivity index (χ2v) is 10.3. The maximum Gasteiger partial charge on any atom is 0.338 e. The molecule has 4 rings (SSSR count). The molecule has 0 N–H and O–H groups in total. The minimum Gasteiger partial charge on any atom is -0.497 e. The van der Waals surface area contributed by atoms with Gasteiger partial charge in [0, 0.05) is 0 Å². The molecule has 36 heavy (non-hydrogen) atoms. The highest BCUT2D eigenvalue weighted by atomic mass is 127. The number of halogens is 1. The quantitative estimate of drug-likeness (QED) is 0.280. The molecule has 1 unspecified atom stereocenters. The van der Waals surface area contributed by atoms with Gasteiger partial charge < -0.3 is 14.2 Å². The zero-order valence-electron chi connectivity index (χ0n) is 20.5. The lowest BCUT2D eigenvalue weighted by Gasteiger charge is -2.26. The first kappa shape index (κ1) is 26.2. The summed E-state index contributed by atoms with van der Waals surface area (Å²) >= 11 is 3.52. The van der Waals surface area contributed by atoms with Crippen LogP contribution in [0.1, 0.15) is 43.9 Å². The molecule has 0 saturated heterocycles. The van der Waals surface area contributed by atoms with Crippen molar-refractivity contribution < 1.29 is 19.0 Å². The van der Waals surface area contributed by atoms with Crippen molar-refractivity contribution in [3.05, 3.63) is 88.1 Å². The number of hydrogen-bond acceptors (Lipinski definition) is 7. The molecule has 1 aliphatic rings. The fraction of sp³-hybridized carbons (Fsp3) is 0.296. The van der Waals surface area contributed by atoms with E-state index in [9.17, 15) is 9.59 Å². The third-order valence-corrected chi connectivity index (χ3v) is 7.60. The van der Waals surface area contributed by atoms with Crippen LogP contribution >= 0.6 is 33.9 Å². The van der Waals surface area contributed by atoms with Crippen LogP contribution in [0.2, 0.25) is 0 Å². The molecular formula is C27H27IN2O5S. The van der Waals surface area contributed by atoms with Crippen molar-refractivity contribution in [1.29, 1.82) is 0 Å². The van der Waals surface area contributed by atoms with E-state index in [0.717, 1.165) is 26.9 Å². The Kier molecular flexibility index (Phi) is 8.30. The summed E-state index contributed by atoms with van der Waals surface area (Å²) < 4.78 is 19.3. The smallest absolute Gasteiger partial charge is 0.338 e. The highest BCUT2D eigenvalue weighted by molar-refractivity contribution is 14.1. The summed E-state index contributed by atoms with van der Waals surface area (Å²) in [5.74, 6) is 0.951. The van der Waals surface area contributed by atoms with Gasteiger partial charge in [0.1, 0.15) is 11.5 Å². The highest BCUT2D eigenvalue weighted by Crippen LogP contribution is 2.34. The van der Waals surface area contributed by atoms with E-state index in [1.807, 2.05) is 55.5 Å². The molecule has 3 aromatic rings. The van der Waals surface area contributed by atoms with Crippen molar-refractivity contribution in [1.82, 2.24) is 4.57 Å². The zero-order valence-corrected chi connectivity index (χ0v) is 23.5. The van der Waals surface area contributed by atoms with Gasteiger partial charge in [0.25, 0.3) is 5.56 Å². The Hall–Kier alpha value is -2.92. The van der Waals surface area contributed by atoms with Gasteiger partial charge in [0.2, 0.25) is 0 Å². The van der Waals surface area contributed by atoms with Gasteiger partial charge in [-0.2, -0.15) is 0 Å². The van der Waals surface area contributed by atoms with Crippen LogP contribution in [0.3, 0.4) is 0 Å². The summed E-state index contributed by atoms with van der Waals surface area (Å²) in [7, 11) is 3.22. The molecular weight excluding hydrogens is 591 g/mol. The number of rotatable bonds is 8. The number of hydrogen-bond donors (Lipinski definition) is 0. The van der Waals surface area contributed by atoms with Gasteiger partial charge in [-0.1, -0.05) is 42.9 Å². The van der Waals surface area contributed by atoms with E-state index in [-0.39, 0.29) is 12.2 Å². The molecule has 0 spiro atoms. The van der Waals surface area contributed by atoms with Gasteiger partial charge in [0.15, 0.2) is 4.80 Å². The Bertz CT molecular complexity index is 1510. The zero-order chi connectivity index (χ0) is 25.8. The lowest BCUT2D eigenvalue weighted by molar-refractivity contribution is -0.139. The van der Waals surface area contributed by atoms with Crippen LogP contribution in [-0.4, -0.2) is 31.4 Å².